The van der Waals surface area contributed by atoms with Gasteiger partial charge in [-0.2, -0.15) is 6.66 Å². The summed E-state index contributed by atoms with van der Waals surface area (Å²) in [6, 6.07) is 21.3. The minimum absolute atomic E-state index is 0.171. The fourth-order valence-electron chi connectivity index (χ4n) is 6.56. The van der Waals surface area contributed by atoms with Crippen LogP contribution in [0.1, 0.15) is 55.1 Å². The van der Waals surface area contributed by atoms with Gasteiger partial charge in [-0.3, -0.25) is 0 Å². The van der Waals surface area contributed by atoms with E-state index in [1.54, 1.807) is 0 Å². The van der Waals surface area contributed by atoms with Crippen LogP contribution in [0.5, 0.6) is 0 Å². The Bertz CT molecular complexity index is 1430. The fourth-order valence-corrected chi connectivity index (χ4v) is 17.1. The number of halogens is 6. The van der Waals surface area contributed by atoms with Crippen LogP contribution in [0.3, 0.4) is 0 Å². The molecule has 0 radical (unpaired) electrons. The summed E-state index contributed by atoms with van der Waals surface area (Å²) in [6.07, 6.45) is 2.51. The van der Waals surface area contributed by atoms with Gasteiger partial charge in [0.05, 0.1) is 25.3 Å². The zero-order valence-corrected chi connectivity index (χ0v) is 25.6. The lowest BCUT2D eigenvalue weighted by molar-refractivity contribution is 0.547. The highest BCUT2D eigenvalue weighted by molar-refractivity contribution is 7.97. The van der Waals surface area contributed by atoms with Crippen LogP contribution in [0.15, 0.2) is 84.9 Å². The molecule has 1 fully saturated rings. The molecular formula is C34H33F6NP2. The van der Waals surface area contributed by atoms with E-state index < -0.39 is 60.3 Å². The van der Waals surface area contributed by atoms with Gasteiger partial charge in [-0.15, -0.1) is 11.1 Å². The van der Waals surface area contributed by atoms with Gasteiger partial charge in [-0.05, 0) is 30.4 Å². The summed E-state index contributed by atoms with van der Waals surface area (Å²) >= 11 is 0. The molecule has 0 saturated carbocycles. The monoisotopic (exact) mass is 631 g/mol. The smallest absolute Gasteiger partial charge is 0.170 e. The maximum Gasteiger partial charge on any atom is 0.170 e. The van der Waals surface area contributed by atoms with Crippen molar-refractivity contribution in [3.8, 4) is 0 Å². The molecule has 5 rings (SSSR count). The molecule has 226 valence electrons. The maximum absolute atomic E-state index is 15.9. The van der Waals surface area contributed by atoms with E-state index in [1.807, 2.05) is 72.0 Å². The average Bonchev–Trinajstić information content (AvgIpc) is 3.30. The standard InChI is InChI=1S/C34H33F6NP2/c1-4-5-18-41(42(2)31(23-12-8-6-9-13-23)16-17-32(42)24-14-10-7-11-15-24)43(3,33-27(37)19-25(35)20-28(33)38)34-29(39)21-26(36)22-30(34)40/h6-15,19-22,31-32H,2-5,16-18H2,1H3/t31-,32-/m0/s1. The van der Waals surface area contributed by atoms with Crippen molar-refractivity contribution >= 4 is 25.4 Å². The molecule has 0 aliphatic carbocycles. The molecule has 1 saturated heterocycles. The average molecular weight is 632 g/mol. The SMILES string of the molecule is [CH2-][P+](c1c(F)cc(F)cc1F)(c1c(F)cc(F)cc1F)N(CCCC)[P+]1([CH2-])[C@H](c2ccccc2)CC[C@H]1c1ccccc1. The Morgan fingerprint density at radius 1 is 0.698 bits per heavy atom. The molecule has 1 heterocycles. The fraction of sp³-hybridized carbons (Fsp3) is 0.235. The molecule has 1 aliphatic heterocycles. The van der Waals surface area contributed by atoms with E-state index in [2.05, 4.69) is 6.66 Å². The first-order valence-corrected chi connectivity index (χ1v) is 18.2. The van der Waals surface area contributed by atoms with Gasteiger partial charge in [0.1, 0.15) is 11.6 Å². The summed E-state index contributed by atoms with van der Waals surface area (Å²) in [7, 11) is -7.16. The van der Waals surface area contributed by atoms with E-state index in [0.29, 0.717) is 49.9 Å². The number of unbranched alkanes of at least 4 members (excludes halogenated alkanes) is 1. The first-order chi connectivity index (χ1) is 20.5. The van der Waals surface area contributed by atoms with E-state index >= 15 is 17.6 Å². The largest absolute Gasteiger partial charge is 0.207 e. The molecule has 43 heavy (non-hydrogen) atoms. The lowest BCUT2D eigenvalue weighted by Crippen LogP contribution is -2.42. The highest BCUT2D eigenvalue weighted by atomic mass is 31.2. The molecule has 0 unspecified atom stereocenters. The van der Waals surface area contributed by atoms with Crippen LogP contribution in [0.4, 0.5) is 26.3 Å². The van der Waals surface area contributed by atoms with Crippen molar-refractivity contribution in [1.29, 1.82) is 0 Å². The number of hydrogen-bond acceptors (Lipinski definition) is 1. The third kappa shape index (κ3) is 5.65. The highest BCUT2D eigenvalue weighted by Gasteiger charge is 2.62. The number of hydrogen-bond donors (Lipinski definition) is 0. The number of nitrogens with zero attached hydrogens (tertiary/aromatic N) is 1. The maximum atomic E-state index is 15.9. The second kappa shape index (κ2) is 12.7. The molecule has 0 N–H and O–H groups in total. The van der Waals surface area contributed by atoms with Crippen LogP contribution in [0, 0.1) is 48.2 Å². The van der Waals surface area contributed by atoms with Crippen molar-refractivity contribution in [2.75, 3.05) is 6.54 Å². The third-order valence-electron chi connectivity index (χ3n) is 8.40. The molecule has 0 amide bonds. The van der Waals surface area contributed by atoms with E-state index in [1.165, 1.54) is 0 Å². The normalized spacial score (nSPS) is 18.4. The Labute approximate surface area is 250 Å². The molecular weight excluding hydrogens is 598 g/mol. The second-order valence-electron chi connectivity index (χ2n) is 11.0. The van der Waals surface area contributed by atoms with Crippen LogP contribution >= 0.6 is 14.8 Å². The Hall–Kier alpha value is -2.72. The van der Waals surface area contributed by atoms with Crippen molar-refractivity contribution in [2.45, 2.75) is 43.9 Å². The zero-order chi connectivity index (χ0) is 30.9. The summed E-state index contributed by atoms with van der Waals surface area (Å²) < 4.78 is 94.0. The molecule has 4 aromatic carbocycles. The Balaban J connectivity index is 1.89. The van der Waals surface area contributed by atoms with Gasteiger partial charge >= 0.3 is 0 Å². The van der Waals surface area contributed by atoms with Crippen LogP contribution in [-0.2, 0) is 0 Å². The van der Waals surface area contributed by atoms with Gasteiger partial charge in [-0.1, -0.05) is 74.0 Å². The molecule has 0 bridgehead atoms. The van der Waals surface area contributed by atoms with E-state index in [9.17, 15) is 8.78 Å². The van der Waals surface area contributed by atoms with Crippen LogP contribution in [0.2, 0.25) is 0 Å². The molecule has 2 atom stereocenters. The lowest BCUT2D eigenvalue weighted by atomic mass is 10.0. The van der Waals surface area contributed by atoms with E-state index in [-0.39, 0.29) is 17.9 Å². The molecule has 1 nitrogen and oxygen atoms in total. The van der Waals surface area contributed by atoms with Crippen molar-refractivity contribution in [3.63, 3.8) is 0 Å². The first-order valence-electron chi connectivity index (χ1n) is 14.2. The number of benzene rings is 4. The minimum Gasteiger partial charge on any atom is -0.207 e. The summed E-state index contributed by atoms with van der Waals surface area (Å²) in [5.41, 5.74) is 1.46. The summed E-state index contributed by atoms with van der Waals surface area (Å²) in [6.45, 7) is 11.3. The van der Waals surface area contributed by atoms with Crippen molar-refractivity contribution in [1.82, 2.24) is 4.44 Å². The Morgan fingerprint density at radius 3 is 1.42 bits per heavy atom. The van der Waals surface area contributed by atoms with Crippen molar-refractivity contribution < 1.29 is 26.3 Å². The molecule has 0 spiro atoms. The molecule has 4 aromatic rings. The Kier molecular flexibility index (Phi) is 9.37. The second-order valence-corrected chi connectivity index (χ2v) is 17.7. The summed E-state index contributed by atoms with van der Waals surface area (Å²) in [5.74, 6) is -7.55. The van der Waals surface area contributed by atoms with Gasteiger partial charge in [0.15, 0.2) is 33.9 Å². The Morgan fingerprint density at radius 2 is 1.07 bits per heavy atom. The van der Waals surface area contributed by atoms with E-state index in [0.717, 1.165) is 11.1 Å². The molecule has 0 aromatic heterocycles. The molecule has 9 heteroatoms. The minimum atomic E-state index is -4.20. The lowest BCUT2D eigenvalue weighted by Gasteiger charge is -2.51. The zero-order valence-electron chi connectivity index (χ0n) is 23.8. The van der Waals surface area contributed by atoms with Gasteiger partial charge < -0.3 is 0 Å². The first kappa shape index (κ1) is 31.7. The topological polar surface area (TPSA) is 3.24 Å². The van der Waals surface area contributed by atoms with E-state index in [4.69, 9.17) is 6.66 Å². The summed E-state index contributed by atoms with van der Waals surface area (Å²) in [5, 5.41) is -1.41. The predicted octanol–water partition coefficient (Wildman–Crippen LogP) is 10.3. The van der Waals surface area contributed by atoms with Gasteiger partial charge in [0, 0.05) is 31.7 Å². The van der Waals surface area contributed by atoms with Crippen LogP contribution in [-0.4, -0.2) is 11.0 Å². The quantitative estimate of drug-likeness (QED) is 0.101. The van der Waals surface area contributed by atoms with Crippen molar-refractivity contribution in [2.24, 2.45) is 0 Å². The molecule has 1 aliphatic rings. The number of rotatable bonds is 9. The summed E-state index contributed by atoms with van der Waals surface area (Å²) in [4.78, 5) is 0. The van der Waals surface area contributed by atoms with Crippen LogP contribution in [0.25, 0.3) is 0 Å². The van der Waals surface area contributed by atoms with Crippen LogP contribution < -0.4 is 10.6 Å². The predicted molar refractivity (Wildman–Crippen MR) is 166 cm³/mol. The highest BCUT2D eigenvalue weighted by Crippen LogP contribution is 2.91. The van der Waals surface area contributed by atoms with Crippen molar-refractivity contribution in [3.05, 3.63) is 144 Å². The van der Waals surface area contributed by atoms with Gasteiger partial charge in [0.2, 0.25) is 0 Å². The third-order valence-corrected chi connectivity index (χ3v) is 18.0. The van der Waals surface area contributed by atoms with Gasteiger partial charge in [0.25, 0.3) is 0 Å². The van der Waals surface area contributed by atoms with Gasteiger partial charge in [-0.25, -0.2) is 26.3 Å².